The van der Waals surface area contributed by atoms with Gasteiger partial charge in [0.15, 0.2) is 0 Å². The highest BCUT2D eigenvalue weighted by molar-refractivity contribution is 5.87. The highest BCUT2D eigenvalue weighted by atomic mass is 16.5. The topological polar surface area (TPSA) is 32.8 Å². The van der Waals surface area contributed by atoms with Gasteiger partial charge < -0.3 is 14.5 Å². The molecule has 19 heavy (non-hydrogen) atoms. The fraction of sp³-hybridized carbons (Fsp3) is 0.800. The van der Waals surface area contributed by atoms with Crippen LogP contribution >= 0.6 is 0 Å². The Balaban J connectivity index is 3.83. The predicted molar refractivity (Wildman–Crippen MR) is 80.3 cm³/mol. The Morgan fingerprint density at radius 2 is 1.79 bits per heavy atom. The molecule has 4 nitrogen and oxygen atoms in total. The minimum absolute atomic E-state index is 0.183. The lowest BCUT2D eigenvalue weighted by Crippen LogP contribution is -2.28. The van der Waals surface area contributed by atoms with Crippen LogP contribution in [0, 0.1) is 0 Å². The summed E-state index contributed by atoms with van der Waals surface area (Å²) in [5.74, 6) is -0.183. The zero-order chi connectivity index (χ0) is 14.7. The van der Waals surface area contributed by atoms with Crippen molar-refractivity contribution in [1.29, 1.82) is 0 Å². The summed E-state index contributed by atoms with van der Waals surface area (Å²) >= 11 is 0. The molecule has 0 aliphatic rings. The molecule has 0 aromatic rings. The molecule has 0 atom stereocenters. The van der Waals surface area contributed by atoms with E-state index >= 15 is 0 Å². The Morgan fingerprint density at radius 3 is 2.32 bits per heavy atom. The van der Waals surface area contributed by atoms with Gasteiger partial charge in [0.2, 0.25) is 0 Å². The van der Waals surface area contributed by atoms with Crippen molar-refractivity contribution >= 4 is 5.97 Å². The number of ether oxygens (including phenoxy) is 1. The van der Waals surface area contributed by atoms with Crippen LogP contribution in [0.1, 0.15) is 33.6 Å². The summed E-state index contributed by atoms with van der Waals surface area (Å²) in [4.78, 5) is 16.1. The Bertz CT molecular complexity index is 271. The summed E-state index contributed by atoms with van der Waals surface area (Å²) in [5.41, 5.74) is 0.721. The zero-order valence-electron chi connectivity index (χ0n) is 13.2. The van der Waals surface area contributed by atoms with Gasteiger partial charge in [0, 0.05) is 12.1 Å². The first kappa shape index (κ1) is 18.1. The van der Waals surface area contributed by atoms with E-state index in [-0.39, 0.29) is 5.97 Å². The maximum atomic E-state index is 11.7. The van der Waals surface area contributed by atoms with Gasteiger partial charge in [-0.2, -0.15) is 0 Å². The third-order valence-corrected chi connectivity index (χ3v) is 3.12. The van der Waals surface area contributed by atoms with Gasteiger partial charge in [-0.25, -0.2) is 4.79 Å². The Kier molecular flexibility index (Phi) is 10.5. The van der Waals surface area contributed by atoms with Gasteiger partial charge in [0.25, 0.3) is 0 Å². The number of carbonyl (C=O) groups excluding carboxylic acids is 1. The van der Waals surface area contributed by atoms with E-state index in [1.54, 1.807) is 0 Å². The summed E-state index contributed by atoms with van der Waals surface area (Å²) < 4.78 is 5.26. The maximum Gasteiger partial charge on any atom is 0.333 e. The number of unbranched alkanes of at least 4 members (excludes halogenated alkanes) is 1. The average Bonchev–Trinajstić information content (AvgIpc) is 2.39. The molecule has 4 heteroatoms. The molecule has 0 N–H and O–H groups in total. The second-order valence-corrected chi connectivity index (χ2v) is 5.00. The SMILES string of the molecule is CCN(CC)CCOC(=O)C(C)=CCCCN(C)C. The molecule has 0 aliphatic carbocycles. The summed E-state index contributed by atoms with van der Waals surface area (Å²) in [5, 5.41) is 0. The van der Waals surface area contributed by atoms with E-state index in [0.717, 1.165) is 44.6 Å². The number of rotatable bonds is 10. The van der Waals surface area contributed by atoms with Crippen LogP contribution in [0.25, 0.3) is 0 Å². The van der Waals surface area contributed by atoms with Crippen LogP contribution in [0.3, 0.4) is 0 Å². The monoisotopic (exact) mass is 270 g/mol. The Morgan fingerprint density at radius 1 is 1.16 bits per heavy atom. The average molecular weight is 270 g/mol. The van der Waals surface area contributed by atoms with Crippen molar-refractivity contribution in [2.45, 2.75) is 33.6 Å². The lowest BCUT2D eigenvalue weighted by molar-refractivity contribution is -0.139. The van der Waals surface area contributed by atoms with Crippen LogP contribution in [0.4, 0.5) is 0 Å². The van der Waals surface area contributed by atoms with Gasteiger partial charge in [-0.15, -0.1) is 0 Å². The van der Waals surface area contributed by atoms with Gasteiger partial charge in [0.1, 0.15) is 6.61 Å². The minimum atomic E-state index is -0.183. The van der Waals surface area contributed by atoms with Crippen molar-refractivity contribution in [2.75, 3.05) is 46.9 Å². The lowest BCUT2D eigenvalue weighted by Gasteiger charge is -2.17. The first-order chi connectivity index (χ1) is 9.01. The van der Waals surface area contributed by atoms with E-state index in [1.165, 1.54) is 0 Å². The maximum absolute atomic E-state index is 11.7. The molecular formula is C15H30N2O2. The summed E-state index contributed by atoms with van der Waals surface area (Å²) in [6.07, 6.45) is 3.97. The molecule has 0 heterocycles. The van der Waals surface area contributed by atoms with Crippen molar-refractivity contribution in [3.8, 4) is 0 Å². The largest absolute Gasteiger partial charge is 0.461 e. The molecule has 112 valence electrons. The first-order valence-corrected chi connectivity index (χ1v) is 7.22. The third-order valence-electron chi connectivity index (χ3n) is 3.12. The second kappa shape index (κ2) is 11.0. The molecule has 0 aliphatic heterocycles. The van der Waals surface area contributed by atoms with Crippen LogP contribution < -0.4 is 0 Å². The van der Waals surface area contributed by atoms with Gasteiger partial charge in [0.05, 0.1) is 0 Å². The Hall–Kier alpha value is -0.870. The molecular weight excluding hydrogens is 240 g/mol. The van der Waals surface area contributed by atoms with Crippen LogP contribution in [-0.4, -0.2) is 62.7 Å². The lowest BCUT2D eigenvalue weighted by atomic mass is 10.2. The highest BCUT2D eigenvalue weighted by Gasteiger charge is 2.06. The molecule has 0 aromatic heterocycles. The molecule has 0 spiro atoms. The number of likely N-dealkylation sites (N-methyl/N-ethyl adjacent to an activating group) is 1. The van der Waals surface area contributed by atoms with Gasteiger partial charge >= 0.3 is 5.97 Å². The fourth-order valence-corrected chi connectivity index (χ4v) is 1.73. The predicted octanol–water partition coefficient (Wildman–Crippen LogP) is 2.16. The molecule has 0 bridgehead atoms. The van der Waals surface area contributed by atoms with E-state index in [2.05, 4.69) is 37.7 Å². The minimum Gasteiger partial charge on any atom is -0.461 e. The molecule has 0 amide bonds. The molecule has 0 aromatic carbocycles. The van der Waals surface area contributed by atoms with E-state index in [1.807, 2.05) is 13.0 Å². The van der Waals surface area contributed by atoms with Gasteiger partial charge in [-0.05, 0) is 53.5 Å². The molecule has 0 rings (SSSR count). The quantitative estimate of drug-likeness (QED) is 0.346. The fourth-order valence-electron chi connectivity index (χ4n) is 1.73. The normalized spacial score (nSPS) is 12.3. The van der Waals surface area contributed by atoms with Crippen LogP contribution in [0.2, 0.25) is 0 Å². The third kappa shape index (κ3) is 9.68. The number of nitrogens with zero attached hydrogens (tertiary/aromatic N) is 2. The molecule has 0 radical (unpaired) electrons. The Labute approximate surface area is 118 Å². The summed E-state index contributed by atoms with van der Waals surface area (Å²) in [6, 6.07) is 0. The van der Waals surface area contributed by atoms with Crippen molar-refractivity contribution in [2.24, 2.45) is 0 Å². The van der Waals surface area contributed by atoms with Crippen molar-refractivity contribution in [3.05, 3.63) is 11.6 Å². The number of hydrogen-bond acceptors (Lipinski definition) is 4. The number of carbonyl (C=O) groups is 1. The van der Waals surface area contributed by atoms with Crippen LogP contribution in [0.5, 0.6) is 0 Å². The van der Waals surface area contributed by atoms with Crippen molar-refractivity contribution in [1.82, 2.24) is 9.80 Å². The van der Waals surface area contributed by atoms with E-state index in [4.69, 9.17) is 4.74 Å². The number of hydrogen-bond donors (Lipinski definition) is 0. The van der Waals surface area contributed by atoms with Crippen molar-refractivity contribution in [3.63, 3.8) is 0 Å². The van der Waals surface area contributed by atoms with Gasteiger partial charge in [-0.1, -0.05) is 19.9 Å². The molecule has 0 saturated heterocycles. The summed E-state index contributed by atoms with van der Waals surface area (Å²) in [6.45, 7) is 10.4. The van der Waals surface area contributed by atoms with E-state index < -0.39 is 0 Å². The van der Waals surface area contributed by atoms with E-state index in [0.29, 0.717) is 6.61 Å². The molecule has 0 saturated carbocycles. The smallest absolute Gasteiger partial charge is 0.333 e. The summed E-state index contributed by atoms with van der Waals surface area (Å²) in [7, 11) is 4.11. The molecule has 0 fully saturated rings. The first-order valence-electron chi connectivity index (χ1n) is 7.22. The number of allylic oxidation sites excluding steroid dienone is 1. The van der Waals surface area contributed by atoms with E-state index in [9.17, 15) is 4.79 Å². The number of esters is 1. The zero-order valence-corrected chi connectivity index (χ0v) is 13.2. The second-order valence-electron chi connectivity index (χ2n) is 5.00. The van der Waals surface area contributed by atoms with Crippen molar-refractivity contribution < 1.29 is 9.53 Å². The van der Waals surface area contributed by atoms with Gasteiger partial charge in [-0.3, -0.25) is 0 Å². The van der Waals surface area contributed by atoms with Crippen LogP contribution in [-0.2, 0) is 9.53 Å². The standard InChI is InChI=1S/C15H30N2O2/c1-6-17(7-2)12-13-19-15(18)14(3)10-8-9-11-16(4)5/h10H,6-9,11-13H2,1-5H3. The van der Waals surface area contributed by atoms with Crippen LogP contribution in [0.15, 0.2) is 11.6 Å². The molecule has 0 unspecified atom stereocenters. The highest BCUT2D eigenvalue weighted by Crippen LogP contribution is 2.02.